The summed E-state index contributed by atoms with van der Waals surface area (Å²) in [6.07, 6.45) is 3.33. The molecular formula is C36H38N3O9P. The molecule has 5 rings (SSSR count). The molecule has 3 aromatic carbocycles. The molecule has 0 spiro atoms. The summed E-state index contributed by atoms with van der Waals surface area (Å²) >= 11 is 0. The van der Waals surface area contributed by atoms with Crippen molar-refractivity contribution in [1.82, 2.24) is 14.8 Å². The molecule has 12 nitrogen and oxygen atoms in total. The molecule has 0 bridgehead atoms. The summed E-state index contributed by atoms with van der Waals surface area (Å²) < 4.78 is 49.3. The van der Waals surface area contributed by atoms with Crippen LogP contribution in [-0.4, -0.2) is 46.2 Å². The van der Waals surface area contributed by atoms with Gasteiger partial charge in [0.15, 0.2) is 11.5 Å². The second-order valence-corrected chi connectivity index (χ2v) is 12.6. The van der Waals surface area contributed by atoms with Crippen molar-refractivity contribution in [2.45, 2.75) is 40.4 Å². The number of hydrogen-bond donors (Lipinski definition) is 1. The fourth-order valence-electron chi connectivity index (χ4n) is 4.86. The zero-order valence-electron chi connectivity index (χ0n) is 27.7. The van der Waals surface area contributed by atoms with Crippen molar-refractivity contribution in [3.05, 3.63) is 113 Å². The Labute approximate surface area is 284 Å². The molecule has 13 heteroatoms. The highest BCUT2D eigenvalue weighted by atomic mass is 31.2. The van der Waals surface area contributed by atoms with Crippen LogP contribution in [0.2, 0.25) is 0 Å². The topological polar surface area (TPSA) is 144 Å². The Morgan fingerprint density at radius 2 is 1.71 bits per heavy atom. The molecule has 256 valence electrons. The smallest absolute Gasteiger partial charge is 0.354 e. The number of aliphatic carboxylic acids is 1. The highest BCUT2D eigenvalue weighted by molar-refractivity contribution is 7.57. The maximum absolute atomic E-state index is 13.1. The largest absolute Gasteiger partial charge is 0.493 e. The van der Waals surface area contributed by atoms with Crippen molar-refractivity contribution in [3.63, 3.8) is 0 Å². The standard InChI is InChI=1S/C36H38N3O9P/c1-5-46-49(42,47-6-2)18-17-29-22-39(30-13-8-7-9-14-30)38-36(29)45-23-27-15-16-32(33(20-27)43-4)44-24-31-25(3)48-35(37-31)28-12-10-11-26(19-28)21-34(40)41/h7-20,22H,5-6,21,23-24H2,1-4H3,(H,40,41). The zero-order chi connectivity index (χ0) is 34.8. The third-order valence-corrected chi connectivity index (χ3v) is 8.92. The Morgan fingerprint density at radius 1 is 0.939 bits per heavy atom. The summed E-state index contributed by atoms with van der Waals surface area (Å²) in [5.74, 6) is 2.79. The van der Waals surface area contributed by atoms with Crippen molar-refractivity contribution >= 4 is 19.6 Å². The number of methoxy groups -OCH3 is 1. The first-order valence-electron chi connectivity index (χ1n) is 15.6. The number of aryl methyl sites for hydroxylation is 1. The molecule has 5 aromatic rings. The summed E-state index contributed by atoms with van der Waals surface area (Å²) in [5.41, 5.74) is 4.14. The van der Waals surface area contributed by atoms with Crippen molar-refractivity contribution in [1.29, 1.82) is 0 Å². The van der Waals surface area contributed by atoms with Crippen LogP contribution in [0.1, 0.15) is 42.0 Å². The van der Waals surface area contributed by atoms with E-state index in [4.69, 9.17) is 32.8 Å². The van der Waals surface area contributed by atoms with E-state index in [1.807, 2.05) is 48.5 Å². The number of carboxylic acids is 1. The van der Waals surface area contributed by atoms with Crippen molar-refractivity contribution in [2.24, 2.45) is 0 Å². The van der Waals surface area contributed by atoms with E-state index in [2.05, 4.69) is 10.1 Å². The lowest BCUT2D eigenvalue weighted by Gasteiger charge is -2.13. The van der Waals surface area contributed by atoms with Crippen LogP contribution in [0.3, 0.4) is 0 Å². The van der Waals surface area contributed by atoms with E-state index in [1.165, 1.54) is 5.82 Å². The number of oxazole rings is 1. The Kier molecular flexibility index (Phi) is 11.7. The van der Waals surface area contributed by atoms with Gasteiger partial charge in [0.25, 0.3) is 0 Å². The average molecular weight is 688 g/mol. The minimum Gasteiger partial charge on any atom is -0.493 e. The van der Waals surface area contributed by atoms with Gasteiger partial charge in [-0.05, 0) is 74.4 Å². The third-order valence-electron chi connectivity index (χ3n) is 7.17. The normalized spacial score (nSPS) is 11.6. The monoisotopic (exact) mass is 687 g/mol. The molecular weight excluding hydrogens is 649 g/mol. The number of nitrogens with zero attached hydrogens (tertiary/aromatic N) is 3. The lowest BCUT2D eigenvalue weighted by Crippen LogP contribution is -2.02. The van der Waals surface area contributed by atoms with E-state index in [0.717, 1.165) is 11.3 Å². The summed E-state index contributed by atoms with van der Waals surface area (Å²) in [7, 11) is -1.90. The number of aromatic nitrogens is 3. The minimum absolute atomic E-state index is 0.0917. The molecule has 0 unspecified atom stereocenters. The summed E-state index contributed by atoms with van der Waals surface area (Å²) in [6.45, 7) is 6.05. The van der Waals surface area contributed by atoms with Gasteiger partial charge in [-0.15, -0.1) is 5.10 Å². The van der Waals surface area contributed by atoms with Gasteiger partial charge in [0.05, 0.1) is 38.0 Å². The first kappa shape index (κ1) is 35.2. The van der Waals surface area contributed by atoms with Crippen molar-refractivity contribution in [2.75, 3.05) is 20.3 Å². The molecule has 1 N–H and O–H groups in total. The SMILES string of the molecule is CCOP(=O)(C=Cc1cn(-c2ccccc2)nc1OCc1ccc(OCc2nc(-c3cccc(CC(=O)O)c3)oc2C)c(OC)c1)OCC. The first-order valence-corrected chi connectivity index (χ1v) is 17.2. The van der Waals surface area contributed by atoms with Gasteiger partial charge in [0, 0.05) is 17.6 Å². The van der Waals surface area contributed by atoms with Crippen LogP contribution in [0.5, 0.6) is 17.4 Å². The van der Waals surface area contributed by atoms with E-state index in [0.29, 0.717) is 51.4 Å². The van der Waals surface area contributed by atoms with E-state index in [1.54, 1.807) is 69.1 Å². The number of ether oxygens (including phenoxy) is 3. The highest BCUT2D eigenvalue weighted by Gasteiger charge is 2.21. The van der Waals surface area contributed by atoms with Crippen LogP contribution in [0.25, 0.3) is 23.2 Å². The van der Waals surface area contributed by atoms with Crippen LogP contribution >= 0.6 is 7.60 Å². The van der Waals surface area contributed by atoms with Gasteiger partial charge < -0.3 is 32.8 Å². The molecule has 0 fully saturated rings. The molecule has 0 saturated heterocycles. The van der Waals surface area contributed by atoms with Gasteiger partial charge in [-0.3, -0.25) is 9.36 Å². The molecule has 0 amide bonds. The summed E-state index contributed by atoms with van der Waals surface area (Å²) in [4.78, 5) is 15.7. The van der Waals surface area contributed by atoms with E-state index in [9.17, 15) is 9.36 Å². The van der Waals surface area contributed by atoms with Gasteiger partial charge >= 0.3 is 13.6 Å². The maximum Gasteiger partial charge on any atom is 0.354 e. The Bertz CT molecular complexity index is 1940. The molecule has 2 heterocycles. The van der Waals surface area contributed by atoms with Crippen LogP contribution in [0.15, 0.2) is 89.2 Å². The lowest BCUT2D eigenvalue weighted by atomic mass is 10.1. The number of para-hydroxylation sites is 1. The number of benzene rings is 3. The van der Waals surface area contributed by atoms with Gasteiger partial charge in [0.2, 0.25) is 11.8 Å². The second-order valence-electron chi connectivity index (χ2n) is 10.7. The van der Waals surface area contributed by atoms with Crippen LogP contribution in [0, 0.1) is 6.92 Å². The fourth-order valence-corrected chi connectivity index (χ4v) is 6.17. The van der Waals surface area contributed by atoms with Crippen LogP contribution in [0.4, 0.5) is 0 Å². The van der Waals surface area contributed by atoms with Crippen molar-refractivity contribution in [3.8, 4) is 34.5 Å². The molecule has 0 atom stereocenters. The molecule has 0 aliphatic carbocycles. The number of hydrogen-bond acceptors (Lipinski definition) is 10. The predicted octanol–water partition coefficient (Wildman–Crippen LogP) is 7.87. The number of rotatable bonds is 17. The minimum atomic E-state index is -3.45. The fraction of sp³-hybridized carbons (Fsp3) is 0.250. The first-order chi connectivity index (χ1) is 23.7. The average Bonchev–Trinajstić information content (AvgIpc) is 3.69. The predicted molar refractivity (Wildman–Crippen MR) is 183 cm³/mol. The molecule has 0 aliphatic rings. The second kappa shape index (κ2) is 16.3. The number of carbonyl (C=O) groups is 1. The summed E-state index contributed by atoms with van der Waals surface area (Å²) in [6, 6.07) is 22.1. The van der Waals surface area contributed by atoms with E-state index < -0.39 is 13.6 Å². The van der Waals surface area contributed by atoms with Crippen LogP contribution in [-0.2, 0) is 38.0 Å². The highest BCUT2D eigenvalue weighted by Crippen LogP contribution is 2.50. The van der Waals surface area contributed by atoms with Gasteiger partial charge in [0.1, 0.15) is 24.7 Å². The van der Waals surface area contributed by atoms with E-state index >= 15 is 0 Å². The number of carboxylic acid groups (broad SMARTS) is 1. The Morgan fingerprint density at radius 3 is 2.43 bits per heavy atom. The van der Waals surface area contributed by atoms with Gasteiger partial charge in [-0.2, -0.15) is 0 Å². The molecule has 2 aromatic heterocycles. The molecule has 49 heavy (non-hydrogen) atoms. The van der Waals surface area contributed by atoms with Gasteiger partial charge in [-0.1, -0.05) is 36.4 Å². The zero-order valence-corrected chi connectivity index (χ0v) is 28.6. The van der Waals surface area contributed by atoms with Crippen molar-refractivity contribution < 1.29 is 42.1 Å². The Hall–Kier alpha value is -5.16. The quantitative estimate of drug-likeness (QED) is 0.0954. The van der Waals surface area contributed by atoms with E-state index in [-0.39, 0.29) is 32.8 Å². The van der Waals surface area contributed by atoms with Gasteiger partial charge in [-0.25, -0.2) is 9.67 Å². The lowest BCUT2D eigenvalue weighted by molar-refractivity contribution is -0.136. The maximum atomic E-state index is 13.1. The third kappa shape index (κ3) is 9.26. The van der Waals surface area contributed by atoms with Crippen LogP contribution < -0.4 is 14.2 Å². The molecule has 0 aliphatic heterocycles. The summed E-state index contributed by atoms with van der Waals surface area (Å²) in [5, 5.41) is 13.8. The molecule has 0 saturated carbocycles. The molecule has 0 radical (unpaired) electrons. The Balaban J connectivity index is 1.30.